The second-order valence-corrected chi connectivity index (χ2v) is 6.48. The predicted molar refractivity (Wildman–Crippen MR) is 91.3 cm³/mol. The number of nitrogens with zero attached hydrogens (tertiary/aromatic N) is 4. The molecule has 0 unspecified atom stereocenters. The number of benzene rings is 1. The van der Waals surface area contributed by atoms with Gasteiger partial charge in [-0.3, -0.25) is 0 Å². The molecule has 0 spiro atoms. The average Bonchev–Trinajstić information content (AvgIpc) is 3.25. The number of imidazole rings is 1. The molecule has 0 aliphatic carbocycles. The lowest BCUT2D eigenvalue weighted by molar-refractivity contribution is 0.174. The van der Waals surface area contributed by atoms with Gasteiger partial charge >= 0.3 is 0 Å². The van der Waals surface area contributed by atoms with Crippen LogP contribution in [0.25, 0.3) is 11.4 Å². The molecule has 3 heterocycles. The Bertz CT molecular complexity index is 848. The van der Waals surface area contributed by atoms with Crippen LogP contribution in [0.1, 0.15) is 12.5 Å². The monoisotopic (exact) mass is 340 g/mol. The van der Waals surface area contributed by atoms with Crippen LogP contribution in [0, 0.1) is 0 Å². The number of thioether (sulfide) groups is 1. The van der Waals surface area contributed by atoms with Crippen molar-refractivity contribution in [2.75, 3.05) is 12.5 Å². The van der Waals surface area contributed by atoms with Gasteiger partial charge in [-0.05, 0) is 23.4 Å². The van der Waals surface area contributed by atoms with Gasteiger partial charge in [0, 0.05) is 31.3 Å². The molecule has 0 fully saturated rings. The Morgan fingerprint density at radius 2 is 1.96 bits per heavy atom. The van der Waals surface area contributed by atoms with Crippen LogP contribution in [0.4, 0.5) is 0 Å². The highest BCUT2D eigenvalue weighted by atomic mass is 32.2. The summed E-state index contributed by atoms with van der Waals surface area (Å²) in [5.41, 5.74) is 2.03. The van der Waals surface area contributed by atoms with Crippen LogP contribution < -0.4 is 9.47 Å². The zero-order chi connectivity index (χ0) is 16.4. The molecule has 1 aromatic carbocycles. The van der Waals surface area contributed by atoms with E-state index in [-0.39, 0.29) is 6.79 Å². The standard InChI is InChI=1S/C17H16N4O2S/c1-2-24-17-19-8-13(9-20-17)16-18-5-6-21(16)10-12-3-4-14-15(7-12)23-11-22-14/h3-9H,2,10-11H2,1H3. The Morgan fingerprint density at radius 3 is 2.79 bits per heavy atom. The Labute approximate surface area is 143 Å². The summed E-state index contributed by atoms with van der Waals surface area (Å²) in [6.45, 7) is 3.06. The summed E-state index contributed by atoms with van der Waals surface area (Å²) in [7, 11) is 0. The van der Waals surface area contributed by atoms with E-state index in [0.717, 1.165) is 39.4 Å². The van der Waals surface area contributed by atoms with Crippen LogP contribution in [0.5, 0.6) is 11.5 Å². The maximum atomic E-state index is 5.44. The minimum atomic E-state index is 0.286. The maximum Gasteiger partial charge on any atom is 0.231 e. The lowest BCUT2D eigenvalue weighted by Gasteiger charge is -2.09. The third-order valence-electron chi connectivity index (χ3n) is 3.67. The summed E-state index contributed by atoms with van der Waals surface area (Å²) < 4.78 is 12.9. The summed E-state index contributed by atoms with van der Waals surface area (Å²) in [5, 5.41) is 0.787. The highest BCUT2D eigenvalue weighted by Gasteiger charge is 2.14. The van der Waals surface area contributed by atoms with Crippen molar-refractivity contribution in [2.45, 2.75) is 18.6 Å². The molecular weight excluding hydrogens is 324 g/mol. The Hall–Kier alpha value is -2.54. The Morgan fingerprint density at radius 1 is 1.12 bits per heavy atom. The van der Waals surface area contributed by atoms with Crippen molar-refractivity contribution in [2.24, 2.45) is 0 Å². The van der Waals surface area contributed by atoms with Gasteiger partial charge in [0.25, 0.3) is 0 Å². The van der Waals surface area contributed by atoms with Crippen molar-refractivity contribution < 1.29 is 9.47 Å². The third-order valence-corrected chi connectivity index (χ3v) is 4.42. The van der Waals surface area contributed by atoms with Gasteiger partial charge in [-0.1, -0.05) is 24.8 Å². The number of hydrogen-bond acceptors (Lipinski definition) is 6. The molecule has 6 nitrogen and oxygen atoms in total. The van der Waals surface area contributed by atoms with Gasteiger partial charge < -0.3 is 14.0 Å². The van der Waals surface area contributed by atoms with Crippen LogP contribution in [-0.2, 0) is 6.54 Å². The van der Waals surface area contributed by atoms with Crippen LogP contribution in [0.15, 0.2) is 48.1 Å². The van der Waals surface area contributed by atoms with Crippen LogP contribution in [0.2, 0.25) is 0 Å². The molecule has 0 saturated carbocycles. The number of aromatic nitrogens is 4. The highest BCUT2D eigenvalue weighted by molar-refractivity contribution is 7.99. The molecular formula is C17H16N4O2S. The lowest BCUT2D eigenvalue weighted by Crippen LogP contribution is -2.02. The summed E-state index contributed by atoms with van der Waals surface area (Å²) in [6, 6.07) is 5.98. The fourth-order valence-corrected chi connectivity index (χ4v) is 3.08. The van der Waals surface area contributed by atoms with Gasteiger partial charge in [0.2, 0.25) is 6.79 Å². The largest absolute Gasteiger partial charge is 0.454 e. The molecule has 2 aromatic heterocycles. The first-order valence-corrected chi connectivity index (χ1v) is 8.67. The molecule has 122 valence electrons. The predicted octanol–water partition coefficient (Wildman–Crippen LogP) is 3.23. The van der Waals surface area contributed by atoms with E-state index in [1.165, 1.54) is 0 Å². The van der Waals surface area contributed by atoms with Crippen LogP contribution in [0.3, 0.4) is 0 Å². The van der Waals surface area contributed by atoms with Crippen molar-refractivity contribution in [1.82, 2.24) is 19.5 Å². The van der Waals surface area contributed by atoms with E-state index in [1.807, 2.05) is 36.8 Å². The van der Waals surface area contributed by atoms with E-state index in [1.54, 1.807) is 18.0 Å². The first-order chi connectivity index (χ1) is 11.8. The van der Waals surface area contributed by atoms with E-state index < -0.39 is 0 Å². The number of rotatable bonds is 5. The van der Waals surface area contributed by atoms with Gasteiger partial charge in [0.1, 0.15) is 5.82 Å². The smallest absolute Gasteiger partial charge is 0.231 e. The van der Waals surface area contributed by atoms with Crippen molar-refractivity contribution in [1.29, 1.82) is 0 Å². The van der Waals surface area contributed by atoms with E-state index in [9.17, 15) is 0 Å². The molecule has 0 atom stereocenters. The molecule has 0 saturated heterocycles. The minimum Gasteiger partial charge on any atom is -0.454 e. The second kappa shape index (κ2) is 6.52. The van der Waals surface area contributed by atoms with Crippen molar-refractivity contribution in [3.05, 3.63) is 48.5 Å². The molecule has 0 bridgehead atoms. The number of fused-ring (bicyclic) bond motifs is 1. The van der Waals surface area contributed by atoms with Crippen molar-refractivity contribution >= 4 is 11.8 Å². The number of hydrogen-bond donors (Lipinski definition) is 0. The Balaban J connectivity index is 1.58. The first-order valence-electron chi connectivity index (χ1n) is 7.68. The second-order valence-electron chi connectivity index (χ2n) is 5.25. The van der Waals surface area contributed by atoms with Gasteiger partial charge in [-0.25, -0.2) is 15.0 Å². The van der Waals surface area contributed by atoms with Crippen molar-refractivity contribution in [3.8, 4) is 22.9 Å². The molecule has 24 heavy (non-hydrogen) atoms. The van der Waals surface area contributed by atoms with Gasteiger partial charge in [-0.15, -0.1) is 0 Å². The molecule has 3 aromatic rings. The van der Waals surface area contributed by atoms with E-state index in [4.69, 9.17) is 9.47 Å². The fraction of sp³-hybridized carbons (Fsp3) is 0.235. The molecule has 4 rings (SSSR count). The zero-order valence-electron chi connectivity index (χ0n) is 13.2. The topological polar surface area (TPSA) is 62.1 Å². The lowest BCUT2D eigenvalue weighted by atomic mass is 10.2. The molecule has 1 aliphatic heterocycles. The SMILES string of the molecule is CCSc1ncc(-c2nccn2Cc2ccc3c(c2)OCO3)cn1. The van der Waals surface area contributed by atoms with E-state index in [0.29, 0.717) is 6.54 Å². The molecule has 7 heteroatoms. The molecule has 1 aliphatic rings. The number of ether oxygens (including phenoxy) is 2. The maximum absolute atomic E-state index is 5.44. The fourth-order valence-electron chi connectivity index (χ4n) is 2.57. The van der Waals surface area contributed by atoms with Gasteiger partial charge in [0.15, 0.2) is 16.7 Å². The highest BCUT2D eigenvalue weighted by Crippen LogP contribution is 2.33. The van der Waals surface area contributed by atoms with E-state index in [2.05, 4.69) is 26.4 Å². The average molecular weight is 340 g/mol. The van der Waals surface area contributed by atoms with Crippen molar-refractivity contribution in [3.63, 3.8) is 0 Å². The molecule has 0 N–H and O–H groups in total. The molecule has 0 radical (unpaired) electrons. The zero-order valence-corrected chi connectivity index (χ0v) is 14.0. The summed E-state index contributed by atoms with van der Waals surface area (Å²) in [5.74, 6) is 3.39. The third kappa shape index (κ3) is 2.94. The van der Waals surface area contributed by atoms with E-state index >= 15 is 0 Å². The summed E-state index contributed by atoms with van der Waals surface area (Å²) >= 11 is 1.62. The van der Waals surface area contributed by atoms with Gasteiger partial charge in [0.05, 0.1) is 5.56 Å². The van der Waals surface area contributed by atoms with Gasteiger partial charge in [-0.2, -0.15) is 0 Å². The normalized spacial score (nSPS) is 12.5. The Kier molecular flexibility index (Phi) is 4.08. The van der Waals surface area contributed by atoms with Crippen LogP contribution in [-0.4, -0.2) is 32.1 Å². The summed E-state index contributed by atoms with van der Waals surface area (Å²) in [4.78, 5) is 13.2. The minimum absolute atomic E-state index is 0.286. The first kappa shape index (κ1) is 15.0. The quantitative estimate of drug-likeness (QED) is 0.525. The summed E-state index contributed by atoms with van der Waals surface area (Å²) in [6.07, 6.45) is 7.39. The molecule has 0 amide bonds. The van der Waals surface area contributed by atoms with Crippen LogP contribution >= 0.6 is 11.8 Å².